The van der Waals surface area contributed by atoms with Gasteiger partial charge in [0.05, 0.1) is 16.5 Å². The Balaban J connectivity index is 1.69. The van der Waals surface area contributed by atoms with Gasteiger partial charge in [-0.15, -0.1) is 0 Å². The van der Waals surface area contributed by atoms with E-state index in [1.165, 1.54) is 14.7 Å². The average molecular weight is 470 g/mol. The molecule has 0 bridgehead atoms. The van der Waals surface area contributed by atoms with Gasteiger partial charge >= 0.3 is 5.97 Å². The summed E-state index contributed by atoms with van der Waals surface area (Å²) in [6, 6.07) is 31.9. The Bertz CT molecular complexity index is 1220. The van der Waals surface area contributed by atoms with Gasteiger partial charge in [-0.2, -0.15) is 0 Å². The molecule has 0 spiro atoms. The summed E-state index contributed by atoms with van der Waals surface area (Å²) in [5.74, 6) is -0.167. The van der Waals surface area contributed by atoms with Crippen LogP contribution in [0.1, 0.15) is 40.9 Å². The molecule has 0 heterocycles. The number of ether oxygens (including phenoxy) is 1. The summed E-state index contributed by atoms with van der Waals surface area (Å²) in [5, 5.41) is 9.58. The van der Waals surface area contributed by atoms with Crippen molar-refractivity contribution in [2.24, 2.45) is 0 Å². The first kappa shape index (κ1) is 23.7. The molecule has 0 radical (unpaired) electrons. The van der Waals surface area contributed by atoms with Gasteiger partial charge in [-0.1, -0.05) is 48.5 Å². The molecular weight excluding hydrogens is 440 g/mol. The Labute approximate surface area is 204 Å². The number of hydrogen-bond donors (Lipinski definition) is 1. The lowest BCUT2D eigenvalue weighted by molar-refractivity contribution is -0.00329. The van der Waals surface area contributed by atoms with E-state index in [1.54, 1.807) is 24.3 Å². The van der Waals surface area contributed by atoms with Crippen molar-refractivity contribution in [1.29, 1.82) is 0 Å². The quantitative estimate of drug-likeness (QED) is 0.240. The first-order chi connectivity index (χ1) is 16.3. The van der Waals surface area contributed by atoms with Crippen LogP contribution in [0.5, 0.6) is 5.75 Å². The van der Waals surface area contributed by atoms with Gasteiger partial charge in [-0.3, -0.25) is 0 Å². The van der Waals surface area contributed by atoms with Gasteiger partial charge in [0.25, 0.3) is 0 Å². The molecule has 0 atom stereocenters. The molecule has 0 amide bonds. The molecule has 0 aliphatic carbocycles. The van der Waals surface area contributed by atoms with Crippen LogP contribution >= 0.6 is 0 Å². The third kappa shape index (κ3) is 5.02. The largest absolute Gasteiger partial charge is 0.508 e. The fourth-order valence-electron chi connectivity index (χ4n) is 4.09. The van der Waals surface area contributed by atoms with Gasteiger partial charge in [0.15, 0.2) is 14.7 Å². The van der Waals surface area contributed by atoms with Crippen LogP contribution in [-0.4, -0.2) is 11.1 Å². The van der Waals surface area contributed by atoms with Crippen LogP contribution in [0.15, 0.2) is 112 Å². The topological polar surface area (TPSA) is 46.5 Å². The molecule has 4 aromatic carbocycles. The van der Waals surface area contributed by atoms with E-state index in [1.807, 2.05) is 39.8 Å². The lowest BCUT2D eigenvalue weighted by Crippen LogP contribution is -2.26. The molecule has 0 aliphatic rings. The zero-order valence-electron chi connectivity index (χ0n) is 19.9. The lowest BCUT2D eigenvalue weighted by Gasteiger charge is -2.26. The van der Waals surface area contributed by atoms with Crippen molar-refractivity contribution in [1.82, 2.24) is 0 Å². The van der Waals surface area contributed by atoms with E-state index < -0.39 is 5.60 Å². The van der Waals surface area contributed by atoms with Gasteiger partial charge in [0.2, 0.25) is 0 Å². The molecule has 0 unspecified atom stereocenters. The fourth-order valence-corrected chi connectivity index (χ4v) is 6.35. The molecular formula is C30H29O3S+. The highest BCUT2D eigenvalue weighted by atomic mass is 32.2. The summed E-state index contributed by atoms with van der Waals surface area (Å²) < 4.78 is 5.96. The summed E-state index contributed by atoms with van der Waals surface area (Å²) in [5.41, 5.74) is 2.37. The molecule has 172 valence electrons. The van der Waals surface area contributed by atoms with Crippen LogP contribution in [0, 0.1) is 13.8 Å². The number of benzene rings is 4. The summed E-state index contributed by atoms with van der Waals surface area (Å²) in [7, 11) is -0.283. The second-order valence-electron chi connectivity index (χ2n) is 8.81. The number of aromatic hydroxyl groups is 1. The van der Waals surface area contributed by atoms with Crippen molar-refractivity contribution >= 4 is 16.9 Å². The van der Waals surface area contributed by atoms with E-state index in [9.17, 15) is 9.90 Å². The third-order valence-electron chi connectivity index (χ3n) is 5.81. The number of esters is 1. The minimum atomic E-state index is -0.833. The second kappa shape index (κ2) is 9.78. The highest BCUT2D eigenvalue weighted by Gasteiger charge is 2.32. The summed E-state index contributed by atoms with van der Waals surface area (Å²) >= 11 is 0. The van der Waals surface area contributed by atoms with Crippen molar-refractivity contribution in [2.75, 3.05) is 0 Å². The van der Waals surface area contributed by atoms with Gasteiger partial charge in [0, 0.05) is 0 Å². The van der Waals surface area contributed by atoms with Gasteiger partial charge in [-0.25, -0.2) is 4.79 Å². The minimum Gasteiger partial charge on any atom is -0.508 e. The number of rotatable bonds is 6. The highest BCUT2D eigenvalue weighted by Crippen LogP contribution is 2.34. The fraction of sp³-hybridized carbons (Fsp3) is 0.167. The summed E-state index contributed by atoms with van der Waals surface area (Å²) in [6.45, 7) is 7.66. The SMILES string of the molecule is Cc1cc([S+](c2ccccc2)c2ccccc2)cc(C)c1C(=O)OC(C)(C)c1ccc(O)cc1. The van der Waals surface area contributed by atoms with E-state index in [0.717, 1.165) is 16.7 Å². The van der Waals surface area contributed by atoms with E-state index in [4.69, 9.17) is 4.74 Å². The monoisotopic (exact) mass is 469 g/mol. The number of phenols is 1. The number of carbonyl (C=O) groups is 1. The number of aryl methyl sites for hydroxylation is 2. The van der Waals surface area contributed by atoms with Gasteiger partial charge in [0.1, 0.15) is 11.4 Å². The molecule has 4 heteroatoms. The average Bonchev–Trinajstić information content (AvgIpc) is 2.80. The standard InChI is InChI=1S/C30H28O3S/c1-21-19-27(34(25-11-7-5-8-12-25)26-13-9-6-10-14-26)20-22(2)28(21)29(32)33-30(3,4)23-15-17-24(31)18-16-23/h5-20H,1-4H3/p+1. The molecule has 3 nitrogen and oxygen atoms in total. The lowest BCUT2D eigenvalue weighted by atomic mass is 9.97. The first-order valence-electron chi connectivity index (χ1n) is 11.2. The maximum atomic E-state index is 13.3. The van der Waals surface area contributed by atoms with Crippen molar-refractivity contribution in [3.8, 4) is 5.75 Å². The normalized spacial score (nSPS) is 11.4. The number of carbonyl (C=O) groups excluding carboxylic acids is 1. The molecule has 4 rings (SSSR count). The van der Waals surface area contributed by atoms with E-state index in [0.29, 0.717) is 5.56 Å². The maximum absolute atomic E-state index is 13.3. The molecule has 4 aromatic rings. The van der Waals surface area contributed by atoms with E-state index in [2.05, 4.69) is 60.7 Å². The van der Waals surface area contributed by atoms with E-state index >= 15 is 0 Å². The van der Waals surface area contributed by atoms with Crippen LogP contribution < -0.4 is 0 Å². The summed E-state index contributed by atoms with van der Waals surface area (Å²) in [4.78, 5) is 16.9. The molecule has 34 heavy (non-hydrogen) atoms. The number of hydrogen-bond acceptors (Lipinski definition) is 3. The third-order valence-corrected chi connectivity index (χ3v) is 8.01. The smallest absolute Gasteiger partial charge is 0.339 e. The number of phenolic OH excluding ortho intramolecular Hbond substituents is 1. The molecule has 0 saturated carbocycles. The zero-order chi connectivity index (χ0) is 24.3. The Morgan fingerprint density at radius 1 is 0.735 bits per heavy atom. The van der Waals surface area contributed by atoms with Crippen molar-refractivity contribution < 1.29 is 14.6 Å². The Kier molecular flexibility index (Phi) is 6.80. The zero-order valence-corrected chi connectivity index (χ0v) is 20.7. The highest BCUT2D eigenvalue weighted by molar-refractivity contribution is 7.97. The molecule has 0 aliphatic heterocycles. The molecule has 0 saturated heterocycles. The minimum absolute atomic E-state index is 0.181. The van der Waals surface area contributed by atoms with Crippen LogP contribution in [0.4, 0.5) is 0 Å². The molecule has 1 N–H and O–H groups in total. The van der Waals surface area contributed by atoms with Crippen LogP contribution in [0.25, 0.3) is 0 Å². The van der Waals surface area contributed by atoms with Crippen molar-refractivity contribution in [3.05, 3.63) is 119 Å². The Morgan fingerprint density at radius 2 is 1.21 bits per heavy atom. The predicted octanol–water partition coefficient (Wildman–Crippen LogP) is 7.20. The van der Waals surface area contributed by atoms with Crippen LogP contribution in [0.3, 0.4) is 0 Å². The maximum Gasteiger partial charge on any atom is 0.339 e. The van der Waals surface area contributed by atoms with Gasteiger partial charge in [-0.05, 0) is 92.9 Å². The predicted molar refractivity (Wildman–Crippen MR) is 138 cm³/mol. The Hall–Kier alpha value is -3.50. The van der Waals surface area contributed by atoms with Crippen LogP contribution in [0.2, 0.25) is 0 Å². The molecule has 0 aromatic heterocycles. The first-order valence-corrected chi connectivity index (χ1v) is 12.5. The van der Waals surface area contributed by atoms with E-state index in [-0.39, 0.29) is 22.6 Å². The Morgan fingerprint density at radius 3 is 1.68 bits per heavy atom. The van der Waals surface area contributed by atoms with Crippen molar-refractivity contribution in [3.63, 3.8) is 0 Å². The second-order valence-corrected chi connectivity index (χ2v) is 10.8. The van der Waals surface area contributed by atoms with Gasteiger partial charge < -0.3 is 9.84 Å². The summed E-state index contributed by atoms with van der Waals surface area (Å²) in [6.07, 6.45) is 0. The van der Waals surface area contributed by atoms with Crippen molar-refractivity contribution in [2.45, 2.75) is 48.0 Å². The van der Waals surface area contributed by atoms with Crippen LogP contribution in [-0.2, 0) is 21.2 Å². The molecule has 0 fully saturated rings.